The lowest BCUT2D eigenvalue weighted by Gasteiger charge is -2.23. The first-order valence-corrected chi connectivity index (χ1v) is 8.07. The van der Waals surface area contributed by atoms with Crippen LogP contribution in [-0.4, -0.2) is 15.0 Å². The van der Waals surface area contributed by atoms with E-state index >= 15 is 0 Å². The summed E-state index contributed by atoms with van der Waals surface area (Å²) in [4.78, 5) is -0.120. The van der Waals surface area contributed by atoms with Crippen molar-refractivity contribution in [1.29, 1.82) is 0 Å². The van der Waals surface area contributed by atoms with E-state index in [1.807, 2.05) is 20.8 Å². The Morgan fingerprint density at radius 1 is 1.32 bits per heavy atom. The van der Waals surface area contributed by atoms with Gasteiger partial charge in [0.2, 0.25) is 10.0 Å². The summed E-state index contributed by atoms with van der Waals surface area (Å²) in [7, 11) is -3.75. The third-order valence-electron chi connectivity index (χ3n) is 3.00. The Morgan fingerprint density at radius 3 is 2.37 bits per heavy atom. The Labute approximate surface area is 124 Å². The van der Waals surface area contributed by atoms with E-state index in [9.17, 15) is 8.42 Å². The third kappa shape index (κ3) is 4.24. The maximum Gasteiger partial charge on any atom is 0.244 e. The highest BCUT2D eigenvalue weighted by molar-refractivity contribution is 7.89. The second-order valence-corrected chi connectivity index (χ2v) is 7.70. The molecule has 0 atom stereocenters. The number of rotatable bonds is 5. The van der Waals surface area contributed by atoms with Crippen LogP contribution in [0.15, 0.2) is 17.0 Å². The monoisotopic (exact) mass is 324 g/mol. The van der Waals surface area contributed by atoms with Crippen molar-refractivity contribution in [2.45, 2.75) is 32.1 Å². The largest absolute Gasteiger partial charge is 0.398 e. The molecule has 0 spiro atoms. The van der Waals surface area contributed by atoms with Crippen molar-refractivity contribution < 1.29 is 8.42 Å². The molecule has 0 aliphatic rings. The van der Waals surface area contributed by atoms with Gasteiger partial charge < -0.3 is 5.73 Å². The smallest absolute Gasteiger partial charge is 0.244 e. The lowest BCUT2D eigenvalue weighted by Crippen LogP contribution is -2.34. The highest BCUT2D eigenvalue weighted by Gasteiger charge is 2.25. The second-order valence-electron chi connectivity index (χ2n) is 5.15. The summed E-state index contributed by atoms with van der Waals surface area (Å²) < 4.78 is 27.0. The van der Waals surface area contributed by atoms with Gasteiger partial charge >= 0.3 is 0 Å². The number of benzene rings is 1. The summed E-state index contributed by atoms with van der Waals surface area (Å²) in [6.45, 7) is 6.26. The average molecular weight is 325 g/mol. The van der Waals surface area contributed by atoms with Crippen molar-refractivity contribution >= 4 is 38.9 Å². The zero-order valence-electron chi connectivity index (χ0n) is 11.1. The fourth-order valence-electron chi connectivity index (χ4n) is 1.35. The van der Waals surface area contributed by atoms with E-state index in [2.05, 4.69) is 4.72 Å². The van der Waals surface area contributed by atoms with Gasteiger partial charge in [-0.15, -0.1) is 0 Å². The molecule has 0 saturated heterocycles. The fourth-order valence-corrected chi connectivity index (χ4v) is 3.58. The Bertz CT molecular complexity index is 548. The number of anilines is 1. The van der Waals surface area contributed by atoms with Gasteiger partial charge in [-0.05, 0) is 24.0 Å². The molecule has 0 aromatic heterocycles. The molecular weight excluding hydrogens is 307 g/mol. The minimum Gasteiger partial charge on any atom is -0.398 e. The van der Waals surface area contributed by atoms with Crippen molar-refractivity contribution in [2.24, 2.45) is 5.41 Å². The lowest BCUT2D eigenvalue weighted by molar-refractivity contribution is 0.350. The summed E-state index contributed by atoms with van der Waals surface area (Å²) in [6, 6.07) is 2.73. The van der Waals surface area contributed by atoms with E-state index in [1.54, 1.807) is 0 Å². The molecule has 0 aliphatic heterocycles. The Morgan fingerprint density at radius 2 is 1.89 bits per heavy atom. The summed E-state index contributed by atoms with van der Waals surface area (Å²) in [5.41, 5.74) is 5.59. The number of hydrogen-bond acceptors (Lipinski definition) is 3. The van der Waals surface area contributed by atoms with E-state index in [-0.39, 0.29) is 21.0 Å². The molecule has 0 unspecified atom stereocenters. The minimum absolute atomic E-state index is 0.0202. The maximum absolute atomic E-state index is 12.2. The number of nitrogens with two attached hydrogens (primary N) is 1. The first-order chi connectivity index (χ1) is 8.59. The van der Waals surface area contributed by atoms with Gasteiger partial charge in [0.05, 0.1) is 10.7 Å². The van der Waals surface area contributed by atoms with E-state index in [0.717, 1.165) is 6.42 Å². The van der Waals surface area contributed by atoms with Gasteiger partial charge in [0.25, 0.3) is 0 Å². The number of nitrogens with one attached hydrogen (secondary N) is 1. The zero-order valence-corrected chi connectivity index (χ0v) is 13.5. The van der Waals surface area contributed by atoms with Crippen molar-refractivity contribution in [3.63, 3.8) is 0 Å². The van der Waals surface area contributed by atoms with Gasteiger partial charge in [-0.2, -0.15) is 0 Å². The van der Waals surface area contributed by atoms with Gasteiger partial charge in [0.15, 0.2) is 0 Å². The van der Waals surface area contributed by atoms with Crippen LogP contribution >= 0.6 is 23.2 Å². The molecule has 1 rings (SSSR count). The first kappa shape index (κ1) is 16.6. The molecule has 0 radical (unpaired) electrons. The van der Waals surface area contributed by atoms with Crippen molar-refractivity contribution in [1.82, 2.24) is 4.72 Å². The predicted molar refractivity (Wildman–Crippen MR) is 80.1 cm³/mol. The molecule has 0 amide bonds. The van der Waals surface area contributed by atoms with E-state index in [1.165, 1.54) is 12.1 Å². The molecule has 108 valence electrons. The van der Waals surface area contributed by atoms with Crippen LogP contribution in [0.25, 0.3) is 0 Å². The molecule has 0 aliphatic carbocycles. The van der Waals surface area contributed by atoms with E-state index in [0.29, 0.717) is 11.6 Å². The molecule has 4 nitrogen and oxygen atoms in total. The quantitative estimate of drug-likeness (QED) is 0.816. The maximum atomic E-state index is 12.2. The predicted octanol–water partition coefficient (Wildman–Crippen LogP) is 3.29. The van der Waals surface area contributed by atoms with E-state index in [4.69, 9.17) is 28.9 Å². The molecule has 0 fully saturated rings. The van der Waals surface area contributed by atoms with Gasteiger partial charge in [0, 0.05) is 11.6 Å². The molecule has 19 heavy (non-hydrogen) atoms. The van der Waals surface area contributed by atoms with Crippen LogP contribution in [0.4, 0.5) is 5.69 Å². The molecule has 7 heteroatoms. The molecular formula is C12H18Cl2N2O2S. The Kier molecular flexibility index (Phi) is 5.12. The Balaban J connectivity index is 3.09. The van der Waals surface area contributed by atoms with Crippen molar-refractivity contribution in [3.8, 4) is 0 Å². The number of nitrogen functional groups attached to an aromatic ring is 1. The van der Waals surface area contributed by atoms with Crippen LogP contribution in [0, 0.1) is 5.41 Å². The standard InChI is InChI=1S/C12H18Cl2N2O2S/c1-4-12(2,3)7-16-19(17,18)11-9(14)5-8(13)6-10(11)15/h5-6,16H,4,7,15H2,1-3H3. The summed E-state index contributed by atoms with van der Waals surface area (Å²) in [5, 5.41) is 0.321. The van der Waals surface area contributed by atoms with Gasteiger partial charge in [-0.1, -0.05) is 44.0 Å². The summed E-state index contributed by atoms with van der Waals surface area (Å²) >= 11 is 11.7. The van der Waals surface area contributed by atoms with Gasteiger partial charge in [-0.25, -0.2) is 13.1 Å². The third-order valence-corrected chi connectivity index (χ3v) is 5.15. The molecule has 0 heterocycles. The van der Waals surface area contributed by atoms with Crippen molar-refractivity contribution in [3.05, 3.63) is 22.2 Å². The SMILES string of the molecule is CCC(C)(C)CNS(=O)(=O)c1c(N)cc(Cl)cc1Cl. The van der Waals surface area contributed by atoms with Gasteiger partial charge in [0.1, 0.15) is 4.90 Å². The first-order valence-electron chi connectivity index (χ1n) is 5.83. The number of halogens is 2. The minimum atomic E-state index is -3.75. The summed E-state index contributed by atoms with van der Waals surface area (Å²) in [5.74, 6) is 0. The van der Waals surface area contributed by atoms with Crippen LogP contribution < -0.4 is 10.5 Å². The van der Waals surface area contributed by atoms with Crippen molar-refractivity contribution in [2.75, 3.05) is 12.3 Å². The average Bonchev–Trinajstić information content (AvgIpc) is 2.25. The number of sulfonamides is 1. The normalized spacial score (nSPS) is 12.7. The fraction of sp³-hybridized carbons (Fsp3) is 0.500. The van der Waals surface area contributed by atoms with E-state index < -0.39 is 10.0 Å². The highest BCUT2D eigenvalue weighted by atomic mass is 35.5. The highest BCUT2D eigenvalue weighted by Crippen LogP contribution is 2.31. The Hall–Kier alpha value is -0.490. The van der Waals surface area contributed by atoms with Crippen LogP contribution in [0.5, 0.6) is 0 Å². The van der Waals surface area contributed by atoms with Crippen LogP contribution in [0.1, 0.15) is 27.2 Å². The summed E-state index contributed by atoms with van der Waals surface area (Å²) in [6.07, 6.45) is 0.847. The van der Waals surface area contributed by atoms with Gasteiger partial charge in [-0.3, -0.25) is 0 Å². The number of hydrogen-bond donors (Lipinski definition) is 2. The molecule has 0 bridgehead atoms. The molecule has 1 aromatic rings. The zero-order chi connectivity index (χ0) is 14.8. The molecule has 1 aromatic carbocycles. The van der Waals surface area contributed by atoms with Crippen LogP contribution in [-0.2, 0) is 10.0 Å². The molecule has 0 saturated carbocycles. The van der Waals surface area contributed by atoms with Crippen LogP contribution in [0.2, 0.25) is 10.0 Å². The topological polar surface area (TPSA) is 72.2 Å². The lowest BCUT2D eigenvalue weighted by atomic mass is 9.91. The second kappa shape index (κ2) is 5.87. The van der Waals surface area contributed by atoms with Crippen LogP contribution in [0.3, 0.4) is 0 Å². The molecule has 3 N–H and O–H groups in total.